The minimum absolute atomic E-state index is 0.107. The van der Waals surface area contributed by atoms with Crippen molar-refractivity contribution in [3.63, 3.8) is 0 Å². The van der Waals surface area contributed by atoms with Crippen molar-refractivity contribution >= 4 is 40.9 Å². The van der Waals surface area contributed by atoms with Crippen LogP contribution in [0.25, 0.3) is 22.5 Å². The van der Waals surface area contributed by atoms with Gasteiger partial charge in [-0.05, 0) is 63.1 Å². The van der Waals surface area contributed by atoms with Gasteiger partial charge in [-0.15, -0.1) is 0 Å². The topological polar surface area (TPSA) is 143 Å². The Morgan fingerprint density at radius 1 is 0.870 bits per heavy atom. The van der Waals surface area contributed by atoms with Crippen molar-refractivity contribution in [3.05, 3.63) is 101 Å². The molecule has 3 N–H and O–H groups in total. The van der Waals surface area contributed by atoms with Crippen molar-refractivity contribution in [3.8, 4) is 22.5 Å². The summed E-state index contributed by atoms with van der Waals surface area (Å²) in [5.74, 6) is 0.481. The third-order valence-corrected chi connectivity index (χ3v) is 7.07. The molecule has 1 atom stereocenters. The van der Waals surface area contributed by atoms with E-state index in [2.05, 4.69) is 25.5 Å². The zero-order valence-corrected chi connectivity index (χ0v) is 27.8. The second-order valence-corrected chi connectivity index (χ2v) is 12.3. The van der Waals surface area contributed by atoms with Crippen LogP contribution in [0.2, 0.25) is 10.3 Å². The van der Waals surface area contributed by atoms with Gasteiger partial charge in [0.1, 0.15) is 21.7 Å². The van der Waals surface area contributed by atoms with Crippen LogP contribution in [0, 0.1) is 0 Å². The number of anilines is 1. The lowest BCUT2D eigenvalue weighted by atomic mass is 9.99. The number of hydrogen-bond acceptors (Lipinski definition) is 8. The van der Waals surface area contributed by atoms with Gasteiger partial charge in [-0.1, -0.05) is 53.5 Å². The van der Waals surface area contributed by atoms with Crippen LogP contribution in [0.4, 0.5) is 10.6 Å². The molecule has 11 nitrogen and oxygen atoms in total. The molecule has 4 aromatic heterocycles. The first-order valence-corrected chi connectivity index (χ1v) is 15.2. The number of nitrogens with zero attached hydrogens (tertiary/aromatic N) is 6. The highest BCUT2D eigenvalue weighted by molar-refractivity contribution is 6.29. The Hall–Kier alpha value is -4.74. The minimum atomic E-state index is -0.735. The smallest absolute Gasteiger partial charge is 0.408 e. The summed E-state index contributed by atoms with van der Waals surface area (Å²) in [5.41, 5.74) is 9.90. The Morgan fingerprint density at radius 2 is 1.43 bits per heavy atom. The normalized spacial score (nSPS) is 11.7. The van der Waals surface area contributed by atoms with Crippen LogP contribution in [-0.2, 0) is 36.5 Å². The summed E-state index contributed by atoms with van der Waals surface area (Å²) in [6.07, 6.45) is 3.10. The average Bonchev–Trinajstić information content (AvgIpc) is 3.53. The van der Waals surface area contributed by atoms with E-state index in [0.29, 0.717) is 28.2 Å². The molecule has 46 heavy (non-hydrogen) atoms. The lowest BCUT2D eigenvalue weighted by Gasteiger charge is -2.23. The molecular formula is C33H36Cl2N8O3. The standard InChI is InChI=1S/C24H27ClN4O3.C9H9ClN4/c1-24(2,3)32-23(31)27-20(12-16-8-6-5-7-9-16)21(30)15-18-14-19(28-29(18)4)17-10-11-26-22(25)13-17;1-14-9(11)5-7(13-14)6-2-3-12-8(10)4-6/h5-11,13-14,20H,12,15H2,1-4H3,(H,27,31);2-5H,11H2,1H3/t20-;/m0./s1. The van der Waals surface area contributed by atoms with Crippen molar-refractivity contribution in [1.29, 1.82) is 0 Å². The molecular weight excluding hydrogens is 627 g/mol. The number of halogens is 2. The number of pyridine rings is 2. The van der Waals surface area contributed by atoms with Gasteiger partial charge in [-0.3, -0.25) is 14.2 Å². The molecule has 0 unspecified atom stereocenters. The number of nitrogens with one attached hydrogen (secondary N) is 1. The number of amides is 1. The van der Waals surface area contributed by atoms with Gasteiger partial charge in [-0.2, -0.15) is 10.2 Å². The van der Waals surface area contributed by atoms with E-state index in [4.69, 9.17) is 33.7 Å². The number of ether oxygens (including phenoxy) is 1. The fraction of sp³-hybridized carbons (Fsp3) is 0.273. The molecule has 5 aromatic rings. The highest BCUT2D eigenvalue weighted by Crippen LogP contribution is 2.23. The number of nitrogen functional groups attached to an aromatic ring is 1. The van der Waals surface area contributed by atoms with Crippen molar-refractivity contribution in [2.75, 3.05) is 5.73 Å². The number of benzene rings is 1. The van der Waals surface area contributed by atoms with Gasteiger partial charge in [0.2, 0.25) is 0 Å². The van der Waals surface area contributed by atoms with Gasteiger partial charge in [0.05, 0.1) is 23.9 Å². The number of nitrogens with two attached hydrogens (primary N) is 1. The Morgan fingerprint density at radius 3 is 1.96 bits per heavy atom. The quantitative estimate of drug-likeness (QED) is 0.190. The second kappa shape index (κ2) is 15.0. The van der Waals surface area contributed by atoms with E-state index in [1.165, 1.54) is 0 Å². The molecule has 0 saturated heterocycles. The van der Waals surface area contributed by atoms with Crippen molar-refractivity contribution in [1.82, 2.24) is 34.8 Å². The first-order valence-electron chi connectivity index (χ1n) is 14.4. The highest BCUT2D eigenvalue weighted by atomic mass is 35.5. The van der Waals surface area contributed by atoms with Gasteiger partial charge < -0.3 is 15.8 Å². The van der Waals surface area contributed by atoms with E-state index in [-0.39, 0.29) is 12.2 Å². The molecule has 5 rings (SSSR count). The molecule has 1 aromatic carbocycles. The van der Waals surface area contributed by atoms with Crippen LogP contribution < -0.4 is 11.1 Å². The van der Waals surface area contributed by atoms with E-state index < -0.39 is 17.7 Å². The summed E-state index contributed by atoms with van der Waals surface area (Å²) in [6.45, 7) is 5.34. The van der Waals surface area contributed by atoms with Crippen LogP contribution in [0.5, 0.6) is 0 Å². The first kappa shape index (κ1) is 34.1. The monoisotopic (exact) mass is 662 g/mol. The fourth-order valence-electron chi connectivity index (χ4n) is 4.41. The molecule has 0 aliphatic rings. The van der Waals surface area contributed by atoms with Crippen molar-refractivity contribution in [2.24, 2.45) is 14.1 Å². The summed E-state index contributed by atoms with van der Waals surface area (Å²) >= 11 is 11.8. The third kappa shape index (κ3) is 9.88. The number of ketones is 1. The van der Waals surface area contributed by atoms with Crippen LogP contribution in [0.3, 0.4) is 0 Å². The van der Waals surface area contributed by atoms with E-state index in [1.54, 1.807) is 74.8 Å². The summed E-state index contributed by atoms with van der Waals surface area (Å²) in [6, 6.07) is 19.6. The molecule has 4 heterocycles. The maximum absolute atomic E-state index is 13.2. The number of aromatic nitrogens is 6. The Labute approximate surface area is 277 Å². The number of rotatable bonds is 8. The van der Waals surface area contributed by atoms with Crippen LogP contribution in [0.15, 0.2) is 79.1 Å². The largest absolute Gasteiger partial charge is 0.444 e. The van der Waals surface area contributed by atoms with Crippen molar-refractivity contribution in [2.45, 2.75) is 45.3 Å². The van der Waals surface area contributed by atoms with Gasteiger partial charge in [0.15, 0.2) is 5.78 Å². The number of hydrogen-bond donors (Lipinski definition) is 2. The van der Waals surface area contributed by atoms with Gasteiger partial charge >= 0.3 is 6.09 Å². The molecule has 0 fully saturated rings. The highest BCUT2D eigenvalue weighted by Gasteiger charge is 2.26. The van der Waals surface area contributed by atoms with Crippen LogP contribution >= 0.6 is 23.2 Å². The SMILES string of the molecule is Cn1nc(-c2ccnc(Cl)c2)cc1CC(=O)[C@H](Cc1ccccc1)NC(=O)OC(C)(C)C.Cn1nc(-c2ccnc(Cl)c2)cc1N. The predicted octanol–water partition coefficient (Wildman–Crippen LogP) is 6.10. The van der Waals surface area contributed by atoms with Crippen LogP contribution in [-0.4, -0.2) is 53.0 Å². The lowest BCUT2D eigenvalue weighted by molar-refractivity contribution is -0.120. The molecule has 240 valence electrons. The Balaban J connectivity index is 0.000000284. The molecule has 0 spiro atoms. The summed E-state index contributed by atoms with van der Waals surface area (Å²) < 4.78 is 8.64. The van der Waals surface area contributed by atoms with Gasteiger partial charge in [0.25, 0.3) is 0 Å². The molecule has 1 amide bonds. The average molecular weight is 664 g/mol. The minimum Gasteiger partial charge on any atom is -0.444 e. The zero-order chi connectivity index (χ0) is 33.4. The number of alkyl carbamates (subject to hydrolysis) is 1. The first-order chi connectivity index (χ1) is 21.8. The maximum atomic E-state index is 13.2. The van der Waals surface area contributed by atoms with E-state index in [9.17, 15) is 9.59 Å². The molecule has 0 saturated carbocycles. The third-order valence-electron chi connectivity index (χ3n) is 6.66. The Bertz CT molecular complexity index is 1780. The maximum Gasteiger partial charge on any atom is 0.408 e. The number of carbonyl (C=O) groups excluding carboxylic acids is 2. The zero-order valence-electron chi connectivity index (χ0n) is 26.2. The number of Topliss-reactive ketones (excluding diaryl/α,β-unsaturated/α-hetero) is 1. The second-order valence-electron chi connectivity index (χ2n) is 11.5. The molecule has 0 bridgehead atoms. The molecule has 0 radical (unpaired) electrons. The lowest BCUT2D eigenvalue weighted by Crippen LogP contribution is -2.45. The number of aryl methyl sites for hydroxylation is 2. The van der Waals surface area contributed by atoms with Gasteiger partial charge in [0, 0.05) is 49.4 Å². The van der Waals surface area contributed by atoms with Gasteiger partial charge in [-0.25, -0.2) is 14.8 Å². The molecule has 0 aliphatic heterocycles. The van der Waals surface area contributed by atoms with Crippen molar-refractivity contribution < 1.29 is 14.3 Å². The van der Waals surface area contributed by atoms with E-state index in [0.717, 1.165) is 28.1 Å². The summed E-state index contributed by atoms with van der Waals surface area (Å²) in [5, 5.41) is 12.3. The summed E-state index contributed by atoms with van der Waals surface area (Å²) in [4.78, 5) is 33.5. The molecule has 13 heteroatoms. The molecule has 0 aliphatic carbocycles. The Kier molecular flexibility index (Phi) is 11.2. The summed E-state index contributed by atoms with van der Waals surface area (Å²) in [7, 11) is 3.57. The fourth-order valence-corrected chi connectivity index (χ4v) is 4.75. The van der Waals surface area contributed by atoms with E-state index in [1.807, 2.05) is 48.5 Å². The van der Waals surface area contributed by atoms with E-state index >= 15 is 0 Å². The predicted molar refractivity (Wildman–Crippen MR) is 179 cm³/mol. The van der Waals surface area contributed by atoms with Crippen LogP contribution in [0.1, 0.15) is 32.0 Å². The number of carbonyl (C=O) groups is 2.